The topological polar surface area (TPSA) is 96.5 Å². The molecule has 2 aliphatic heterocycles. The summed E-state index contributed by atoms with van der Waals surface area (Å²) in [4.78, 5) is 28.8. The monoisotopic (exact) mass is 289 g/mol. The average Bonchev–Trinajstić information content (AvgIpc) is 2.70. The van der Waals surface area contributed by atoms with Gasteiger partial charge in [-0.1, -0.05) is 0 Å². The van der Waals surface area contributed by atoms with Crippen LogP contribution < -0.4 is 10.6 Å². The van der Waals surface area contributed by atoms with Gasteiger partial charge in [0.2, 0.25) is 5.91 Å². The maximum absolute atomic E-state index is 11.3. The summed E-state index contributed by atoms with van der Waals surface area (Å²) in [5, 5.41) is 8.96. The van der Waals surface area contributed by atoms with Gasteiger partial charge < -0.3 is 15.7 Å². The molecule has 1 aromatic heterocycles. The largest absolute Gasteiger partial charge is 0.481 e. The van der Waals surface area contributed by atoms with Crippen molar-refractivity contribution in [3.8, 4) is 0 Å². The Morgan fingerprint density at radius 2 is 2.00 bits per heavy atom. The van der Waals surface area contributed by atoms with Gasteiger partial charge in [0.25, 0.3) is 0 Å². The number of piperidine rings is 1. The fourth-order valence-corrected chi connectivity index (χ4v) is 3.79. The molecule has 1 amide bonds. The lowest BCUT2D eigenvalue weighted by Gasteiger charge is -2.39. The van der Waals surface area contributed by atoms with Gasteiger partial charge in [-0.3, -0.25) is 9.59 Å². The number of anilines is 1. The molecule has 2 aliphatic rings. The minimum Gasteiger partial charge on any atom is -0.481 e. The quantitative estimate of drug-likeness (QED) is 0.873. The van der Waals surface area contributed by atoms with Crippen molar-refractivity contribution < 1.29 is 14.7 Å². The van der Waals surface area contributed by atoms with E-state index in [2.05, 4.69) is 9.88 Å². The number of nitrogens with zero attached hydrogens (tertiary/aromatic N) is 2. The summed E-state index contributed by atoms with van der Waals surface area (Å²) in [5.41, 5.74) is 5.79. The van der Waals surface area contributed by atoms with Crippen LogP contribution in [0.4, 0.5) is 5.82 Å². The van der Waals surface area contributed by atoms with E-state index in [4.69, 9.17) is 10.8 Å². The van der Waals surface area contributed by atoms with E-state index in [1.54, 1.807) is 18.3 Å². The van der Waals surface area contributed by atoms with E-state index in [1.165, 1.54) is 0 Å². The second kappa shape index (κ2) is 5.35. The highest BCUT2D eigenvalue weighted by Crippen LogP contribution is 2.42. The van der Waals surface area contributed by atoms with Crippen molar-refractivity contribution in [2.75, 3.05) is 4.90 Å². The predicted molar refractivity (Wildman–Crippen MR) is 77.0 cm³/mol. The van der Waals surface area contributed by atoms with Crippen LogP contribution in [0.15, 0.2) is 18.3 Å². The Morgan fingerprint density at radius 3 is 2.57 bits per heavy atom. The van der Waals surface area contributed by atoms with Crippen LogP contribution in [0.1, 0.15) is 42.5 Å². The lowest BCUT2D eigenvalue weighted by atomic mass is 9.88. The van der Waals surface area contributed by atoms with E-state index in [0.29, 0.717) is 17.6 Å². The Morgan fingerprint density at radius 1 is 1.33 bits per heavy atom. The number of aliphatic carboxylic acids is 1. The predicted octanol–water partition coefficient (Wildman–Crippen LogP) is 1.40. The number of pyridine rings is 1. The molecule has 3 heterocycles. The normalized spacial score (nSPS) is 27.6. The van der Waals surface area contributed by atoms with E-state index in [0.717, 1.165) is 31.5 Å². The fraction of sp³-hybridized carbons (Fsp3) is 0.533. The number of primary amides is 1. The van der Waals surface area contributed by atoms with Crippen LogP contribution in [0, 0.1) is 5.92 Å². The van der Waals surface area contributed by atoms with Crippen molar-refractivity contribution in [3.63, 3.8) is 0 Å². The van der Waals surface area contributed by atoms with Crippen molar-refractivity contribution in [1.29, 1.82) is 0 Å². The summed E-state index contributed by atoms with van der Waals surface area (Å²) in [6.45, 7) is 0. The Labute approximate surface area is 123 Å². The molecular weight excluding hydrogens is 270 g/mol. The van der Waals surface area contributed by atoms with Gasteiger partial charge in [-0.25, -0.2) is 4.98 Å². The number of fused-ring (bicyclic) bond motifs is 2. The Bertz CT molecular complexity index is 561. The SMILES string of the molecule is NC(=O)c1ccnc(N2C3CCC2CC(CC(=O)O)C3)c1. The Kier molecular flexibility index (Phi) is 3.53. The van der Waals surface area contributed by atoms with Crippen molar-refractivity contribution in [1.82, 2.24) is 4.98 Å². The summed E-state index contributed by atoms with van der Waals surface area (Å²) in [5.74, 6) is -0.142. The van der Waals surface area contributed by atoms with E-state index in [1.807, 2.05) is 0 Å². The molecule has 2 atom stereocenters. The lowest BCUT2D eigenvalue weighted by Crippen LogP contribution is -2.44. The van der Waals surface area contributed by atoms with E-state index in [9.17, 15) is 9.59 Å². The number of hydrogen-bond donors (Lipinski definition) is 2. The van der Waals surface area contributed by atoms with Gasteiger partial charge in [0.15, 0.2) is 0 Å². The summed E-state index contributed by atoms with van der Waals surface area (Å²) in [6.07, 6.45) is 5.73. The standard InChI is InChI=1S/C15H19N3O3/c16-15(21)10-3-4-17-13(8-10)18-11-1-2-12(18)6-9(5-11)7-14(19)20/h3-4,8-9,11-12H,1-2,5-7H2,(H2,16,21)(H,19,20). The minimum atomic E-state index is -0.721. The van der Waals surface area contributed by atoms with Crippen LogP contribution >= 0.6 is 0 Å². The molecule has 3 N–H and O–H groups in total. The number of carbonyl (C=O) groups is 2. The van der Waals surface area contributed by atoms with Crippen LogP contribution in [-0.4, -0.2) is 34.1 Å². The van der Waals surface area contributed by atoms with Gasteiger partial charge in [-0.15, -0.1) is 0 Å². The molecule has 6 heteroatoms. The van der Waals surface area contributed by atoms with Gasteiger partial charge in [0, 0.05) is 30.3 Å². The van der Waals surface area contributed by atoms with Gasteiger partial charge in [0.1, 0.15) is 5.82 Å². The zero-order valence-electron chi connectivity index (χ0n) is 11.7. The molecule has 3 rings (SSSR count). The number of aromatic nitrogens is 1. The van der Waals surface area contributed by atoms with Gasteiger partial charge in [0.05, 0.1) is 0 Å². The molecule has 2 bridgehead atoms. The molecule has 0 aromatic carbocycles. The molecule has 2 fully saturated rings. The summed E-state index contributed by atoms with van der Waals surface area (Å²) >= 11 is 0. The Balaban J connectivity index is 1.80. The number of nitrogens with two attached hydrogens (primary N) is 1. The molecular formula is C15H19N3O3. The molecule has 0 spiro atoms. The summed E-state index contributed by atoms with van der Waals surface area (Å²) in [6, 6.07) is 4.00. The highest BCUT2D eigenvalue weighted by atomic mass is 16.4. The van der Waals surface area contributed by atoms with Crippen molar-refractivity contribution in [2.45, 2.75) is 44.2 Å². The van der Waals surface area contributed by atoms with Crippen molar-refractivity contribution in [3.05, 3.63) is 23.9 Å². The zero-order valence-corrected chi connectivity index (χ0v) is 11.7. The molecule has 21 heavy (non-hydrogen) atoms. The number of amides is 1. The maximum atomic E-state index is 11.3. The molecule has 0 radical (unpaired) electrons. The van der Waals surface area contributed by atoms with E-state index < -0.39 is 11.9 Å². The van der Waals surface area contributed by atoms with E-state index >= 15 is 0 Å². The lowest BCUT2D eigenvalue weighted by molar-refractivity contribution is -0.138. The zero-order chi connectivity index (χ0) is 15.0. The van der Waals surface area contributed by atoms with Crippen LogP contribution in [0.5, 0.6) is 0 Å². The molecule has 112 valence electrons. The smallest absolute Gasteiger partial charge is 0.303 e. The number of carboxylic acids is 1. The summed E-state index contributed by atoms with van der Waals surface area (Å²) < 4.78 is 0. The first kappa shape index (κ1) is 13.9. The van der Waals surface area contributed by atoms with Crippen molar-refractivity contribution in [2.24, 2.45) is 11.7 Å². The van der Waals surface area contributed by atoms with Crippen LogP contribution in [0.3, 0.4) is 0 Å². The summed E-state index contributed by atoms with van der Waals surface area (Å²) in [7, 11) is 0. The van der Waals surface area contributed by atoms with Crippen LogP contribution in [-0.2, 0) is 4.79 Å². The molecule has 2 saturated heterocycles. The fourth-order valence-electron chi connectivity index (χ4n) is 3.79. The van der Waals surface area contributed by atoms with Gasteiger partial charge in [-0.05, 0) is 43.7 Å². The van der Waals surface area contributed by atoms with E-state index in [-0.39, 0.29) is 12.3 Å². The number of carboxylic acid groups (broad SMARTS) is 1. The third-order valence-corrected chi connectivity index (χ3v) is 4.59. The molecule has 0 saturated carbocycles. The van der Waals surface area contributed by atoms with Gasteiger partial charge >= 0.3 is 5.97 Å². The number of rotatable bonds is 4. The highest BCUT2D eigenvalue weighted by molar-refractivity contribution is 5.93. The second-order valence-corrected chi connectivity index (χ2v) is 5.99. The van der Waals surface area contributed by atoms with Crippen LogP contribution in [0.25, 0.3) is 0 Å². The highest BCUT2D eigenvalue weighted by Gasteiger charge is 2.41. The molecule has 2 unspecified atom stereocenters. The third kappa shape index (κ3) is 2.70. The van der Waals surface area contributed by atoms with Crippen molar-refractivity contribution >= 4 is 17.7 Å². The first-order chi connectivity index (χ1) is 10.0. The Hall–Kier alpha value is -2.11. The first-order valence-electron chi connectivity index (χ1n) is 7.30. The average molecular weight is 289 g/mol. The molecule has 6 nitrogen and oxygen atoms in total. The molecule has 0 aliphatic carbocycles. The number of hydrogen-bond acceptors (Lipinski definition) is 4. The second-order valence-electron chi connectivity index (χ2n) is 5.99. The maximum Gasteiger partial charge on any atom is 0.303 e. The third-order valence-electron chi connectivity index (χ3n) is 4.59. The number of carbonyl (C=O) groups excluding carboxylic acids is 1. The molecule has 1 aromatic rings. The van der Waals surface area contributed by atoms with Gasteiger partial charge in [-0.2, -0.15) is 0 Å². The first-order valence-corrected chi connectivity index (χ1v) is 7.30. The minimum absolute atomic E-state index is 0.246. The van der Waals surface area contributed by atoms with Crippen LogP contribution in [0.2, 0.25) is 0 Å².